The highest BCUT2D eigenvalue weighted by Crippen LogP contribution is 2.20. The number of hydrogen-bond acceptors (Lipinski definition) is 5. The average molecular weight is 243 g/mol. The van der Waals surface area contributed by atoms with E-state index in [1.54, 1.807) is 12.3 Å². The topological polar surface area (TPSA) is 73.6 Å². The predicted molar refractivity (Wildman–Crippen MR) is 63.3 cm³/mol. The third-order valence-corrected chi connectivity index (χ3v) is 3.27. The predicted octanol–water partition coefficient (Wildman–Crippen LogP) is 0.970. The maximum Gasteiger partial charge on any atom is 0.0957 e. The van der Waals surface area contributed by atoms with Crippen LogP contribution in [0.4, 0.5) is 0 Å². The van der Waals surface area contributed by atoms with Crippen molar-refractivity contribution in [2.45, 2.75) is 30.4 Å². The fourth-order valence-corrected chi connectivity index (χ4v) is 1.91. The van der Waals surface area contributed by atoms with Crippen LogP contribution in [0.15, 0.2) is 23.2 Å². The molecule has 5 heteroatoms. The number of rotatable bonds is 6. The zero-order valence-electron chi connectivity index (χ0n) is 9.21. The normalized spacial score (nSPS) is 14.8. The molecule has 2 atom stereocenters. The molecule has 0 aromatic carbocycles. The molecule has 1 unspecified atom stereocenters. The van der Waals surface area contributed by atoms with Crippen LogP contribution in [0.25, 0.3) is 0 Å². The summed E-state index contributed by atoms with van der Waals surface area (Å²) < 4.78 is 0. The van der Waals surface area contributed by atoms with Gasteiger partial charge in [0.15, 0.2) is 0 Å². The fourth-order valence-electron chi connectivity index (χ4n) is 1.13. The molecular formula is C11H17NO3S. The third kappa shape index (κ3) is 4.09. The van der Waals surface area contributed by atoms with Crippen LogP contribution in [0, 0.1) is 0 Å². The summed E-state index contributed by atoms with van der Waals surface area (Å²) in [6, 6.07) is 3.64. The first kappa shape index (κ1) is 13.4. The highest BCUT2D eigenvalue weighted by molar-refractivity contribution is 7.99. The van der Waals surface area contributed by atoms with E-state index in [2.05, 4.69) is 4.98 Å². The Bertz CT molecular complexity index is 305. The monoisotopic (exact) mass is 243 g/mol. The molecule has 1 aromatic rings. The van der Waals surface area contributed by atoms with Gasteiger partial charge in [-0.1, -0.05) is 6.92 Å². The lowest BCUT2D eigenvalue weighted by Gasteiger charge is -2.09. The summed E-state index contributed by atoms with van der Waals surface area (Å²) in [4.78, 5) is 5.05. The van der Waals surface area contributed by atoms with E-state index in [9.17, 15) is 5.11 Å². The van der Waals surface area contributed by atoms with Crippen LogP contribution in [0.2, 0.25) is 0 Å². The number of aliphatic hydroxyl groups is 3. The van der Waals surface area contributed by atoms with Crippen LogP contribution in [0.1, 0.15) is 25.1 Å². The van der Waals surface area contributed by atoms with Gasteiger partial charge in [-0.3, -0.25) is 4.98 Å². The van der Waals surface area contributed by atoms with Gasteiger partial charge < -0.3 is 15.3 Å². The SMILES string of the molecule is CC[C@H](O)c1ccc(SCC(O)CO)cn1. The fraction of sp³-hybridized carbons (Fsp3) is 0.545. The van der Waals surface area contributed by atoms with Crippen molar-refractivity contribution in [2.75, 3.05) is 12.4 Å². The third-order valence-electron chi connectivity index (χ3n) is 2.14. The molecule has 0 amide bonds. The van der Waals surface area contributed by atoms with Crippen molar-refractivity contribution >= 4 is 11.8 Å². The van der Waals surface area contributed by atoms with Crippen LogP contribution in [0.5, 0.6) is 0 Å². The summed E-state index contributed by atoms with van der Waals surface area (Å²) in [5, 5.41) is 27.4. The number of thioether (sulfide) groups is 1. The number of hydrogen-bond donors (Lipinski definition) is 3. The number of pyridine rings is 1. The highest BCUT2D eigenvalue weighted by Gasteiger charge is 2.07. The van der Waals surface area contributed by atoms with Crippen molar-refractivity contribution < 1.29 is 15.3 Å². The standard InChI is InChI=1S/C11H17NO3S/c1-2-11(15)10-4-3-9(5-12-10)16-7-8(14)6-13/h3-5,8,11,13-15H,2,6-7H2,1H3/t8?,11-/m0/s1. The minimum Gasteiger partial charge on any atom is -0.394 e. The molecule has 4 nitrogen and oxygen atoms in total. The smallest absolute Gasteiger partial charge is 0.0957 e. The molecule has 1 heterocycles. The lowest BCUT2D eigenvalue weighted by molar-refractivity contribution is 0.113. The van der Waals surface area contributed by atoms with Crippen molar-refractivity contribution in [1.82, 2.24) is 4.98 Å². The largest absolute Gasteiger partial charge is 0.394 e. The Morgan fingerprint density at radius 3 is 2.62 bits per heavy atom. The second-order valence-electron chi connectivity index (χ2n) is 3.49. The summed E-state index contributed by atoms with van der Waals surface area (Å²) in [5.74, 6) is 0.438. The molecule has 1 aromatic heterocycles. The molecule has 0 aliphatic carbocycles. The lowest BCUT2D eigenvalue weighted by atomic mass is 10.2. The summed E-state index contributed by atoms with van der Waals surface area (Å²) in [7, 11) is 0. The van der Waals surface area contributed by atoms with Crippen molar-refractivity contribution in [3.63, 3.8) is 0 Å². The van der Waals surface area contributed by atoms with Gasteiger partial charge in [0.1, 0.15) is 0 Å². The summed E-state index contributed by atoms with van der Waals surface area (Å²) in [5.41, 5.74) is 0.662. The average Bonchev–Trinajstić information content (AvgIpc) is 2.35. The Kier molecular flexibility index (Phi) is 5.76. The van der Waals surface area contributed by atoms with Crippen LogP contribution in [-0.4, -0.2) is 38.8 Å². The Balaban J connectivity index is 2.51. The summed E-state index contributed by atoms with van der Waals surface area (Å²) in [6.07, 6.45) is 1.10. The van der Waals surface area contributed by atoms with E-state index in [1.807, 2.05) is 13.0 Å². The van der Waals surface area contributed by atoms with E-state index >= 15 is 0 Å². The first-order valence-corrected chi connectivity index (χ1v) is 6.21. The molecule has 0 radical (unpaired) electrons. The van der Waals surface area contributed by atoms with Crippen molar-refractivity contribution in [1.29, 1.82) is 0 Å². The summed E-state index contributed by atoms with van der Waals surface area (Å²) >= 11 is 1.43. The van der Waals surface area contributed by atoms with Crippen molar-refractivity contribution in [3.05, 3.63) is 24.0 Å². The van der Waals surface area contributed by atoms with Gasteiger partial charge in [0.25, 0.3) is 0 Å². The van der Waals surface area contributed by atoms with E-state index in [0.29, 0.717) is 17.9 Å². The van der Waals surface area contributed by atoms with Crippen LogP contribution < -0.4 is 0 Å². The molecule has 90 valence electrons. The van der Waals surface area contributed by atoms with Gasteiger partial charge in [0.2, 0.25) is 0 Å². The van der Waals surface area contributed by atoms with Gasteiger partial charge in [0, 0.05) is 16.8 Å². The molecule has 0 spiro atoms. The Hall–Kier alpha value is -0.620. The molecule has 0 saturated carbocycles. The van der Waals surface area contributed by atoms with Crippen molar-refractivity contribution in [3.8, 4) is 0 Å². The molecule has 0 fully saturated rings. The molecule has 16 heavy (non-hydrogen) atoms. The van der Waals surface area contributed by atoms with Crippen LogP contribution >= 0.6 is 11.8 Å². The Labute approximate surface area is 99.3 Å². The summed E-state index contributed by atoms with van der Waals surface area (Å²) in [6.45, 7) is 1.67. The molecular weight excluding hydrogens is 226 g/mol. The quantitative estimate of drug-likeness (QED) is 0.649. The molecule has 0 saturated heterocycles. The van der Waals surface area contributed by atoms with Crippen LogP contribution in [-0.2, 0) is 0 Å². The zero-order chi connectivity index (χ0) is 12.0. The minimum atomic E-state index is -0.703. The molecule has 0 aliphatic rings. The molecule has 0 aliphatic heterocycles. The Morgan fingerprint density at radius 1 is 1.38 bits per heavy atom. The first-order valence-electron chi connectivity index (χ1n) is 5.23. The van der Waals surface area contributed by atoms with Gasteiger partial charge in [-0.15, -0.1) is 11.8 Å². The van der Waals surface area contributed by atoms with Gasteiger partial charge in [-0.05, 0) is 18.6 Å². The van der Waals surface area contributed by atoms with Gasteiger partial charge in [0.05, 0.1) is 24.5 Å². The molecule has 3 N–H and O–H groups in total. The number of aromatic nitrogens is 1. The van der Waals surface area contributed by atoms with Crippen LogP contribution in [0.3, 0.4) is 0 Å². The zero-order valence-corrected chi connectivity index (χ0v) is 10.0. The maximum atomic E-state index is 9.53. The highest BCUT2D eigenvalue weighted by atomic mass is 32.2. The van der Waals surface area contributed by atoms with Gasteiger partial charge in [-0.25, -0.2) is 0 Å². The molecule has 1 rings (SSSR count). The second kappa shape index (κ2) is 6.85. The number of aliphatic hydroxyl groups excluding tert-OH is 3. The lowest BCUT2D eigenvalue weighted by Crippen LogP contribution is -2.14. The minimum absolute atomic E-state index is 0.229. The van der Waals surface area contributed by atoms with Gasteiger partial charge >= 0.3 is 0 Å². The second-order valence-corrected chi connectivity index (χ2v) is 4.58. The van der Waals surface area contributed by atoms with Gasteiger partial charge in [-0.2, -0.15) is 0 Å². The Morgan fingerprint density at radius 2 is 2.12 bits per heavy atom. The molecule has 0 bridgehead atoms. The van der Waals surface area contributed by atoms with Crippen molar-refractivity contribution in [2.24, 2.45) is 0 Å². The van der Waals surface area contributed by atoms with E-state index in [-0.39, 0.29) is 6.61 Å². The van der Waals surface area contributed by atoms with E-state index in [0.717, 1.165) is 4.90 Å². The van der Waals surface area contributed by atoms with E-state index < -0.39 is 12.2 Å². The first-order chi connectivity index (χ1) is 7.67. The maximum absolute atomic E-state index is 9.53. The van der Waals surface area contributed by atoms with E-state index in [1.165, 1.54) is 11.8 Å². The number of nitrogens with zero attached hydrogens (tertiary/aromatic N) is 1. The van der Waals surface area contributed by atoms with E-state index in [4.69, 9.17) is 10.2 Å².